The fourth-order valence-corrected chi connectivity index (χ4v) is 1.47. The highest BCUT2D eigenvalue weighted by atomic mass is 32.2. The largest absolute Gasteiger partial charge is 0.355 e. The van der Waals surface area contributed by atoms with Crippen molar-refractivity contribution in [3.63, 3.8) is 0 Å². The Balaban J connectivity index is 2.42. The maximum Gasteiger partial charge on any atom is 0.238 e. The summed E-state index contributed by atoms with van der Waals surface area (Å²) in [6, 6.07) is -0.505. The number of nitrogens with one attached hydrogen (secondary N) is 2. The minimum atomic E-state index is -2.09. The third-order valence-corrected chi connectivity index (χ3v) is 2.01. The number of hydrogen-bond acceptors (Lipinski definition) is 2. The lowest BCUT2D eigenvalue weighted by Gasteiger charge is -2.20. The number of carbonyl (C=O) groups is 1. The SMILES string of the molecule is O=C1NCCCC1NS(=O)O. The average molecular weight is 178 g/mol. The normalized spacial score (nSPS) is 27.7. The molecule has 0 saturated carbocycles. The molecule has 1 aliphatic rings. The van der Waals surface area contributed by atoms with Crippen molar-refractivity contribution in [1.29, 1.82) is 0 Å². The predicted molar refractivity (Wildman–Crippen MR) is 39.9 cm³/mol. The van der Waals surface area contributed by atoms with Crippen LogP contribution in [-0.2, 0) is 16.1 Å². The molecule has 0 bridgehead atoms. The van der Waals surface area contributed by atoms with Crippen LogP contribution >= 0.6 is 0 Å². The van der Waals surface area contributed by atoms with Gasteiger partial charge in [-0.2, -0.15) is 0 Å². The standard InChI is InChI=1S/C5H10N2O3S/c8-5-4(7-11(9)10)2-1-3-6-5/h4,7H,1-3H2,(H,6,8)(H,9,10). The van der Waals surface area contributed by atoms with E-state index in [-0.39, 0.29) is 5.91 Å². The lowest BCUT2D eigenvalue weighted by molar-refractivity contribution is -0.124. The van der Waals surface area contributed by atoms with E-state index in [9.17, 15) is 9.00 Å². The number of rotatable bonds is 2. The minimum Gasteiger partial charge on any atom is -0.355 e. The van der Waals surface area contributed by atoms with E-state index in [1.165, 1.54) is 0 Å². The van der Waals surface area contributed by atoms with Gasteiger partial charge >= 0.3 is 0 Å². The van der Waals surface area contributed by atoms with E-state index in [2.05, 4.69) is 10.0 Å². The smallest absolute Gasteiger partial charge is 0.238 e. The summed E-state index contributed by atoms with van der Waals surface area (Å²) in [5, 5.41) is 2.59. The molecule has 6 heteroatoms. The van der Waals surface area contributed by atoms with Crippen molar-refractivity contribution in [3.05, 3.63) is 0 Å². The van der Waals surface area contributed by atoms with Crippen molar-refractivity contribution in [2.45, 2.75) is 18.9 Å². The Labute approximate surface area is 67.0 Å². The van der Waals surface area contributed by atoms with Crippen molar-refractivity contribution < 1.29 is 13.6 Å². The van der Waals surface area contributed by atoms with Crippen LogP contribution in [0.3, 0.4) is 0 Å². The Morgan fingerprint density at radius 3 is 3.00 bits per heavy atom. The predicted octanol–water partition coefficient (Wildman–Crippen LogP) is -1.01. The maximum atomic E-state index is 10.9. The first-order valence-electron chi connectivity index (χ1n) is 3.35. The summed E-state index contributed by atoms with van der Waals surface area (Å²) in [4.78, 5) is 10.9. The third-order valence-electron chi connectivity index (χ3n) is 1.53. The molecule has 1 saturated heterocycles. The van der Waals surface area contributed by atoms with E-state index in [0.29, 0.717) is 13.0 Å². The number of hydrogen-bond donors (Lipinski definition) is 3. The summed E-state index contributed by atoms with van der Waals surface area (Å²) in [5.41, 5.74) is 0. The Morgan fingerprint density at radius 1 is 1.73 bits per heavy atom. The summed E-state index contributed by atoms with van der Waals surface area (Å²) in [6.07, 6.45) is 1.47. The van der Waals surface area contributed by atoms with Gasteiger partial charge in [0.2, 0.25) is 17.2 Å². The van der Waals surface area contributed by atoms with Gasteiger partial charge < -0.3 is 5.32 Å². The lowest BCUT2D eigenvalue weighted by atomic mass is 10.1. The van der Waals surface area contributed by atoms with Gasteiger partial charge in [-0.1, -0.05) is 0 Å². The van der Waals surface area contributed by atoms with Gasteiger partial charge in [-0.25, -0.2) is 8.93 Å². The van der Waals surface area contributed by atoms with Crippen LogP contribution in [0.5, 0.6) is 0 Å². The van der Waals surface area contributed by atoms with E-state index in [0.717, 1.165) is 6.42 Å². The minimum absolute atomic E-state index is 0.196. The molecule has 3 N–H and O–H groups in total. The average Bonchev–Trinajstić information content (AvgIpc) is 1.93. The topological polar surface area (TPSA) is 78.4 Å². The summed E-state index contributed by atoms with van der Waals surface area (Å²) in [7, 11) is 0. The fraction of sp³-hybridized carbons (Fsp3) is 0.800. The quantitative estimate of drug-likeness (QED) is 0.474. The van der Waals surface area contributed by atoms with E-state index >= 15 is 0 Å². The second kappa shape index (κ2) is 3.80. The highest BCUT2D eigenvalue weighted by molar-refractivity contribution is 7.77. The van der Waals surface area contributed by atoms with E-state index < -0.39 is 17.3 Å². The van der Waals surface area contributed by atoms with E-state index in [4.69, 9.17) is 4.55 Å². The van der Waals surface area contributed by atoms with Crippen molar-refractivity contribution in [3.8, 4) is 0 Å². The van der Waals surface area contributed by atoms with Crippen LogP contribution in [-0.4, -0.2) is 27.3 Å². The van der Waals surface area contributed by atoms with E-state index in [1.807, 2.05) is 0 Å². The molecule has 2 atom stereocenters. The first-order valence-corrected chi connectivity index (χ1v) is 4.45. The molecule has 0 radical (unpaired) electrons. The molecule has 0 aromatic carbocycles. The Morgan fingerprint density at radius 2 is 2.45 bits per heavy atom. The van der Waals surface area contributed by atoms with Crippen LogP contribution < -0.4 is 10.0 Å². The van der Waals surface area contributed by atoms with Gasteiger partial charge in [-0.15, -0.1) is 0 Å². The van der Waals surface area contributed by atoms with Crippen LogP contribution in [0, 0.1) is 0 Å². The molecule has 64 valence electrons. The number of piperidine rings is 1. The van der Waals surface area contributed by atoms with Gasteiger partial charge in [0.15, 0.2) is 0 Å². The summed E-state index contributed by atoms with van der Waals surface area (Å²) in [6.45, 7) is 0.662. The Kier molecular flexibility index (Phi) is 2.98. The Bertz CT molecular complexity index is 185. The van der Waals surface area contributed by atoms with Crippen LogP contribution in [0.4, 0.5) is 0 Å². The zero-order valence-corrected chi connectivity index (χ0v) is 6.69. The maximum absolute atomic E-state index is 10.9. The highest BCUT2D eigenvalue weighted by Gasteiger charge is 2.22. The van der Waals surface area contributed by atoms with Gasteiger partial charge in [-0.05, 0) is 12.8 Å². The van der Waals surface area contributed by atoms with Crippen LogP contribution in [0.2, 0.25) is 0 Å². The van der Waals surface area contributed by atoms with Gasteiger partial charge in [0.05, 0.1) is 0 Å². The summed E-state index contributed by atoms with van der Waals surface area (Å²) >= 11 is -2.09. The second-order valence-corrected chi connectivity index (χ2v) is 3.09. The Hall–Kier alpha value is -0.460. The molecule has 0 aromatic heterocycles. The second-order valence-electron chi connectivity index (χ2n) is 2.35. The van der Waals surface area contributed by atoms with Crippen LogP contribution in [0.1, 0.15) is 12.8 Å². The molecule has 2 unspecified atom stereocenters. The van der Waals surface area contributed by atoms with E-state index in [1.54, 1.807) is 0 Å². The molecule has 5 nitrogen and oxygen atoms in total. The third kappa shape index (κ3) is 2.57. The highest BCUT2D eigenvalue weighted by Crippen LogP contribution is 2.02. The van der Waals surface area contributed by atoms with Crippen molar-refractivity contribution in [2.75, 3.05) is 6.54 Å². The molecule has 1 heterocycles. The van der Waals surface area contributed by atoms with Gasteiger partial charge in [-0.3, -0.25) is 9.35 Å². The molecule has 1 fully saturated rings. The fourth-order valence-electron chi connectivity index (χ4n) is 1.01. The molecule has 1 rings (SSSR count). The molecule has 0 spiro atoms. The summed E-state index contributed by atoms with van der Waals surface area (Å²) < 4.78 is 20.9. The summed E-state index contributed by atoms with van der Waals surface area (Å²) in [5.74, 6) is -0.196. The molecule has 0 aliphatic carbocycles. The molecule has 1 aliphatic heterocycles. The number of carbonyl (C=O) groups excluding carboxylic acids is 1. The first kappa shape index (κ1) is 8.63. The molecule has 1 amide bonds. The van der Waals surface area contributed by atoms with Gasteiger partial charge in [0.25, 0.3) is 0 Å². The van der Waals surface area contributed by atoms with Crippen LogP contribution in [0.15, 0.2) is 0 Å². The molecule has 11 heavy (non-hydrogen) atoms. The monoisotopic (exact) mass is 178 g/mol. The van der Waals surface area contributed by atoms with Gasteiger partial charge in [0.1, 0.15) is 6.04 Å². The van der Waals surface area contributed by atoms with Crippen molar-refractivity contribution in [1.82, 2.24) is 10.0 Å². The first-order chi connectivity index (χ1) is 5.20. The zero-order valence-electron chi connectivity index (χ0n) is 5.87. The molecular weight excluding hydrogens is 168 g/mol. The molecular formula is C5H10N2O3S. The van der Waals surface area contributed by atoms with Gasteiger partial charge in [0, 0.05) is 6.54 Å². The van der Waals surface area contributed by atoms with Crippen molar-refractivity contribution >= 4 is 17.2 Å². The lowest BCUT2D eigenvalue weighted by Crippen LogP contribution is -2.48. The molecule has 0 aromatic rings. The zero-order chi connectivity index (χ0) is 8.27. The van der Waals surface area contributed by atoms with Crippen LogP contribution in [0.25, 0.3) is 0 Å². The van der Waals surface area contributed by atoms with Crippen molar-refractivity contribution in [2.24, 2.45) is 0 Å². The number of amides is 1.